The van der Waals surface area contributed by atoms with E-state index in [1.807, 2.05) is 0 Å². The summed E-state index contributed by atoms with van der Waals surface area (Å²) in [7, 11) is -1.68. The number of alkyl halides is 3. The van der Waals surface area contributed by atoms with Crippen molar-refractivity contribution < 1.29 is 30.8 Å². The highest BCUT2D eigenvalue weighted by Crippen LogP contribution is 2.32. The normalized spacial score (nSPS) is 12.2. The van der Waals surface area contributed by atoms with E-state index < -0.39 is 38.6 Å². The molecule has 0 aliphatic rings. The van der Waals surface area contributed by atoms with Crippen LogP contribution in [0.3, 0.4) is 0 Å². The van der Waals surface area contributed by atoms with E-state index in [4.69, 9.17) is 0 Å². The molecule has 0 heterocycles. The monoisotopic (exact) mass is 436 g/mol. The number of hydrogen-bond donors (Lipinski definition) is 1. The number of carbonyl (C=O) groups excluding carboxylic acids is 1. The van der Waals surface area contributed by atoms with Gasteiger partial charge in [0, 0.05) is 24.6 Å². The first kappa shape index (κ1) is 22.2. The molecule has 0 spiro atoms. The van der Waals surface area contributed by atoms with Crippen molar-refractivity contribution in [2.75, 3.05) is 25.2 Å². The number of nitrogens with zero attached hydrogens (tertiary/aromatic N) is 1. The fraction of sp³-hybridized carbons (Fsp3) is 0.235. The Balaban J connectivity index is 2.30. The second-order valence-corrected chi connectivity index (χ2v) is 8.92. The molecule has 0 aliphatic carbocycles. The molecule has 1 amide bonds. The van der Waals surface area contributed by atoms with Crippen molar-refractivity contribution in [1.29, 1.82) is 0 Å². The molecule has 0 saturated carbocycles. The predicted octanol–water partition coefficient (Wildman–Crippen LogP) is 3.98. The van der Waals surface area contributed by atoms with Gasteiger partial charge in [-0.2, -0.15) is 13.2 Å². The number of halogens is 4. The third-order valence-corrected chi connectivity index (χ3v) is 6.45. The van der Waals surface area contributed by atoms with Gasteiger partial charge >= 0.3 is 6.18 Å². The number of nitrogens with one attached hydrogen (secondary N) is 1. The Hall–Kier alpha value is -2.11. The van der Waals surface area contributed by atoms with Crippen molar-refractivity contribution in [2.45, 2.75) is 16.0 Å². The summed E-state index contributed by atoms with van der Waals surface area (Å²) in [5.41, 5.74) is -0.0273. The van der Waals surface area contributed by atoms with Gasteiger partial charge in [-0.05, 0) is 30.3 Å². The van der Waals surface area contributed by atoms with E-state index in [0.29, 0.717) is 11.8 Å². The quantitative estimate of drug-likeness (QED) is 0.550. The van der Waals surface area contributed by atoms with Crippen LogP contribution >= 0.6 is 11.8 Å². The molecule has 0 radical (unpaired) electrons. The number of thioether (sulfide) groups is 1. The van der Waals surface area contributed by atoms with Crippen LogP contribution in [-0.4, -0.2) is 44.7 Å². The molecular formula is C17H16F4N2O3S2. The Labute approximate surface area is 163 Å². The minimum Gasteiger partial charge on any atom is -0.321 e. The molecule has 0 saturated heterocycles. The summed E-state index contributed by atoms with van der Waals surface area (Å²) in [6.45, 7) is 0. The fourth-order valence-corrected chi connectivity index (χ4v) is 3.84. The van der Waals surface area contributed by atoms with Crippen LogP contribution in [-0.2, 0) is 10.0 Å². The molecule has 152 valence electrons. The second kappa shape index (κ2) is 8.50. The molecule has 11 heteroatoms. The van der Waals surface area contributed by atoms with Gasteiger partial charge in [0.1, 0.15) is 10.7 Å². The Morgan fingerprint density at radius 3 is 2.39 bits per heavy atom. The third-order valence-electron chi connectivity index (χ3n) is 3.48. The number of rotatable bonds is 6. The van der Waals surface area contributed by atoms with Gasteiger partial charge in [-0.25, -0.2) is 17.1 Å². The number of amides is 1. The molecule has 28 heavy (non-hydrogen) atoms. The zero-order valence-electron chi connectivity index (χ0n) is 14.7. The first-order valence-corrected chi connectivity index (χ1v) is 10.2. The topological polar surface area (TPSA) is 66.5 Å². The van der Waals surface area contributed by atoms with Crippen molar-refractivity contribution in [3.8, 4) is 0 Å². The molecular weight excluding hydrogens is 420 g/mol. The number of hydrogen-bond acceptors (Lipinski definition) is 4. The molecule has 0 aromatic heterocycles. The molecule has 2 rings (SSSR count). The number of anilines is 1. The van der Waals surface area contributed by atoms with Crippen molar-refractivity contribution in [2.24, 2.45) is 0 Å². The van der Waals surface area contributed by atoms with Crippen LogP contribution in [0.4, 0.5) is 23.2 Å². The highest BCUT2D eigenvalue weighted by atomic mass is 32.2. The lowest BCUT2D eigenvalue weighted by Gasteiger charge is -2.14. The van der Waals surface area contributed by atoms with Crippen LogP contribution in [0.5, 0.6) is 0 Å². The molecule has 2 aromatic rings. The molecule has 2 aromatic carbocycles. The van der Waals surface area contributed by atoms with Crippen molar-refractivity contribution >= 4 is 33.4 Å². The third kappa shape index (κ3) is 5.46. The number of carbonyl (C=O) groups is 1. The largest absolute Gasteiger partial charge is 0.398 e. The molecule has 1 N–H and O–H groups in total. The number of sulfonamides is 1. The van der Waals surface area contributed by atoms with Crippen molar-refractivity contribution in [3.63, 3.8) is 0 Å². The van der Waals surface area contributed by atoms with E-state index in [2.05, 4.69) is 5.32 Å². The summed E-state index contributed by atoms with van der Waals surface area (Å²) >= 11 is 0.503. The summed E-state index contributed by atoms with van der Waals surface area (Å²) in [6.07, 6.45) is -4.38. The van der Waals surface area contributed by atoms with E-state index >= 15 is 0 Å². The van der Waals surface area contributed by atoms with E-state index in [9.17, 15) is 30.8 Å². The number of para-hydroxylation sites is 1. The lowest BCUT2D eigenvalue weighted by molar-refractivity contribution is -0.105. The van der Waals surface area contributed by atoms with Crippen LogP contribution in [0, 0.1) is 5.82 Å². The zero-order chi connectivity index (χ0) is 21.1. The molecule has 5 nitrogen and oxygen atoms in total. The Morgan fingerprint density at radius 2 is 1.79 bits per heavy atom. The van der Waals surface area contributed by atoms with E-state index in [-0.39, 0.29) is 16.1 Å². The standard InChI is InChI=1S/C17H16F4N2O3S2/c1-23(2)28(25,26)15-9-11(7-8-12(15)18)16(24)22-13-5-3-4-6-14(13)27-10-17(19,20)21/h3-9H,10H2,1-2H3,(H,22,24). The van der Waals surface area contributed by atoms with Crippen LogP contribution in [0.1, 0.15) is 10.4 Å². The van der Waals surface area contributed by atoms with E-state index in [0.717, 1.165) is 22.5 Å². The second-order valence-electron chi connectivity index (χ2n) is 5.79. The molecule has 0 unspecified atom stereocenters. The first-order valence-electron chi connectivity index (χ1n) is 7.74. The van der Waals surface area contributed by atoms with Crippen LogP contribution < -0.4 is 5.32 Å². The van der Waals surface area contributed by atoms with Gasteiger partial charge in [0.25, 0.3) is 5.91 Å². The van der Waals surface area contributed by atoms with Gasteiger partial charge in [0.2, 0.25) is 10.0 Å². The molecule has 0 aliphatic heterocycles. The summed E-state index contributed by atoms with van der Waals surface area (Å²) in [5.74, 6) is -2.94. The van der Waals surface area contributed by atoms with Crippen molar-refractivity contribution in [1.82, 2.24) is 4.31 Å². The molecule has 0 atom stereocenters. The fourth-order valence-electron chi connectivity index (χ4n) is 2.09. The van der Waals surface area contributed by atoms with E-state index in [1.165, 1.54) is 38.4 Å². The Morgan fingerprint density at radius 1 is 1.14 bits per heavy atom. The highest BCUT2D eigenvalue weighted by molar-refractivity contribution is 7.99. The minimum absolute atomic E-state index is 0.128. The molecule has 0 fully saturated rings. The van der Waals surface area contributed by atoms with Gasteiger partial charge < -0.3 is 5.32 Å². The summed E-state index contributed by atoms with van der Waals surface area (Å²) in [4.78, 5) is 12.0. The maximum Gasteiger partial charge on any atom is 0.398 e. The minimum atomic E-state index is -4.38. The highest BCUT2D eigenvalue weighted by Gasteiger charge is 2.28. The van der Waals surface area contributed by atoms with Crippen LogP contribution in [0.15, 0.2) is 52.3 Å². The Kier molecular flexibility index (Phi) is 6.73. The average Bonchev–Trinajstić information content (AvgIpc) is 2.60. The maximum absolute atomic E-state index is 13.9. The summed E-state index contributed by atoms with van der Waals surface area (Å²) in [6, 6.07) is 8.69. The lowest BCUT2D eigenvalue weighted by Crippen LogP contribution is -2.24. The van der Waals surface area contributed by atoms with Gasteiger partial charge in [0.05, 0.1) is 11.4 Å². The zero-order valence-corrected chi connectivity index (χ0v) is 16.4. The lowest BCUT2D eigenvalue weighted by atomic mass is 10.2. The predicted molar refractivity (Wildman–Crippen MR) is 98.4 cm³/mol. The van der Waals surface area contributed by atoms with Gasteiger partial charge in [-0.3, -0.25) is 4.79 Å². The van der Waals surface area contributed by atoms with Crippen LogP contribution in [0.2, 0.25) is 0 Å². The maximum atomic E-state index is 13.9. The summed E-state index contributed by atoms with van der Waals surface area (Å²) < 4.78 is 76.4. The average molecular weight is 436 g/mol. The summed E-state index contributed by atoms with van der Waals surface area (Å²) in [5, 5.41) is 2.43. The first-order chi connectivity index (χ1) is 12.9. The smallest absolute Gasteiger partial charge is 0.321 e. The van der Waals surface area contributed by atoms with Gasteiger partial charge in [0.15, 0.2) is 0 Å². The van der Waals surface area contributed by atoms with Crippen molar-refractivity contribution in [3.05, 3.63) is 53.8 Å². The van der Waals surface area contributed by atoms with Gasteiger partial charge in [-0.1, -0.05) is 12.1 Å². The van der Waals surface area contributed by atoms with E-state index in [1.54, 1.807) is 0 Å². The van der Waals surface area contributed by atoms with Crippen LogP contribution in [0.25, 0.3) is 0 Å². The number of benzene rings is 2. The Bertz CT molecular complexity index is 977. The van der Waals surface area contributed by atoms with Gasteiger partial charge in [-0.15, -0.1) is 11.8 Å². The SMILES string of the molecule is CN(C)S(=O)(=O)c1cc(C(=O)Nc2ccccc2SCC(F)(F)F)ccc1F. The molecule has 0 bridgehead atoms.